The molecule has 5 nitrogen and oxygen atoms in total. The van der Waals surface area contributed by atoms with E-state index in [-0.39, 0.29) is 0 Å². The second-order valence-electron chi connectivity index (χ2n) is 5.55. The molecule has 3 rings (SSSR count). The third-order valence-electron chi connectivity index (χ3n) is 3.35. The molecular weight excluding hydrogens is 326 g/mol. The van der Waals surface area contributed by atoms with Crippen molar-refractivity contribution in [3.8, 4) is 10.8 Å². The van der Waals surface area contributed by atoms with Crippen LogP contribution in [0.2, 0.25) is 0 Å². The Morgan fingerprint density at radius 3 is 2.70 bits per heavy atom. The first kappa shape index (κ1) is 15.8. The van der Waals surface area contributed by atoms with Gasteiger partial charge in [-0.15, -0.1) is 16.4 Å². The maximum absolute atomic E-state index is 5.28. The van der Waals surface area contributed by atoms with Gasteiger partial charge in [0.05, 0.1) is 11.9 Å². The maximum Gasteiger partial charge on any atom is 0.216 e. The first-order valence-electron chi connectivity index (χ1n) is 7.29. The molecule has 0 aliphatic carbocycles. The Labute approximate surface area is 143 Å². The van der Waals surface area contributed by atoms with Crippen molar-refractivity contribution >= 4 is 29.8 Å². The number of H-pyrrole nitrogens is 1. The van der Waals surface area contributed by atoms with Crippen LogP contribution in [0.15, 0.2) is 34.7 Å². The number of hydrogen-bond acceptors (Lipinski definition) is 5. The minimum Gasteiger partial charge on any atom is -0.250 e. The van der Waals surface area contributed by atoms with E-state index in [0.29, 0.717) is 16.5 Å². The maximum atomic E-state index is 5.28. The van der Waals surface area contributed by atoms with Crippen molar-refractivity contribution in [2.75, 3.05) is 0 Å². The van der Waals surface area contributed by atoms with E-state index in [9.17, 15) is 0 Å². The molecule has 2 aromatic heterocycles. The standard InChI is InChI=1S/C16H17N5S2/c1-10(2)13-9-23-15(18-13)14-19-20-16(22)21(14)17-8-12-6-4-11(3)5-7-12/h4-10H,1-3H3,(H,20,22)/b17-8+. The molecule has 0 fully saturated rings. The zero-order valence-electron chi connectivity index (χ0n) is 13.1. The molecule has 1 aromatic carbocycles. The van der Waals surface area contributed by atoms with Crippen LogP contribution in [0, 0.1) is 11.7 Å². The average molecular weight is 343 g/mol. The number of aromatic nitrogens is 4. The summed E-state index contributed by atoms with van der Waals surface area (Å²) in [6.07, 6.45) is 1.77. The van der Waals surface area contributed by atoms with E-state index >= 15 is 0 Å². The highest BCUT2D eigenvalue weighted by molar-refractivity contribution is 7.71. The summed E-state index contributed by atoms with van der Waals surface area (Å²) in [5.41, 5.74) is 3.27. The quantitative estimate of drug-likeness (QED) is 0.565. The van der Waals surface area contributed by atoms with E-state index in [1.807, 2.05) is 29.6 Å². The fraction of sp³-hybridized carbons (Fsp3) is 0.250. The van der Waals surface area contributed by atoms with Gasteiger partial charge in [0.25, 0.3) is 0 Å². The minimum absolute atomic E-state index is 0.381. The molecule has 3 aromatic rings. The molecule has 1 N–H and O–H groups in total. The molecule has 0 amide bonds. The second kappa shape index (κ2) is 6.55. The Morgan fingerprint density at radius 1 is 1.30 bits per heavy atom. The van der Waals surface area contributed by atoms with Crippen LogP contribution in [0.4, 0.5) is 0 Å². The summed E-state index contributed by atoms with van der Waals surface area (Å²) in [6.45, 7) is 6.29. The molecule has 2 heterocycles. The number of rotatable bonds is 4. The summed E-state index contributed by atoms with van der Waals surface area (Å²) >= 11 is 6.82. The molecule has 0 atom stereocenters. The van der Waals surface area contributed by atoms with E-state index < -0.39 is 0 Å². The number of hydrogen-bond donors (Lipinski definition) is 1. The fourth-order valence-corrected chi connectivity index (χ4v) is 3.10. The largest absolute Gasteiger partial charge is 0.250 e. The summed E-state index contributed by atoms with van der Waals surface area (Å²) in [4.78, 5) is 4.62. The van der Waals surface area contributed by atoms with Crippen molar-refractivity contribution < 1.29 is 0 Å². The van der Waals surface area contributed by atoms with E-state index in [1.54, 1.807) is 22.2 Å². The van der Waals surface area contributed by atoms with Gasteiger partial charge in [-0.05, 0) is 30.6 Å². The van der Waals surface area contributed by atoms with Crippen molar-refractivity contribution in [3.63, 3.8) is 0 Å². The molecule has 118 valence electrons. The van der Waals surface area contributed by atoms with Crippen LogP contribution in [-0.4, -0.2) is 26.1 Å². The van der Waals surface area contributed by atoms with E-state index in [0.717, 1.165) is 16.3 Å². The Kier molecular flexibility index (Phi) is 4.49. The fourth-order valence-electron chi connectivity index (χ4n) is 1.97. The molecule has 0 aliphatic rings. The predicted octanol–water partition coefficient (Wildman–Crippen LogP) is 4.38. The van der Waals surface area contributed by atoms with Gasteiger partial charge in [-0.2, -0.15) is 9.78 Å². The number of nitrogens with one attached hydrogen (secondary N) is 1. The molecule has 0 saturated carbocycles. The predicted molar refractivity (Wildman–Crippen MR) is 96.8 cm³/mol. The van der Waals surface area contributed by atoms with Gasteiger partial charge in [-0.3, -0.25) is 0 Å². The van der Waals surface area contributed by atoms with Crippen molar-refractivity contribution in [2.24, 2.45) is 5.10 Å². The van der Waals surface area contributed by atoms with Gasteiger partial charge in [-0.25, -0.2) is 10.1 Å². The zero-order chi connectivity index (χ0) is 16.4. The van der Waals surface area contributed by atoms with Gasteiger partial charge in [0, 0.05) is 5.38 Å². The first-order valence-corrected chi connectivity index (χ1v) is 8.57. The zero-order valence-corrected chi connectivity index (χ0v) is 14.8. The normalized spacial score (nSPS) is 11.7. The number of aromatic amines is 1. The monoisotopic (exact) mass is 343 g/mol. The number of aryl methyl sites for hydroxylation is 1. The van der Waals surface area contributed by atoms with Gasteiger partial charge in [0.1, 0.15) is 0 Å². The Bertz CT molecular complexity index is 884. The SMILES string of the molecule is Cc1ccc(/C=N/n2c(-c3nc(C(C)C)cs3)n[nH]c2=S)cc1. The molecule has 7 heteroatoms. The molecule has 23 heavy (non-hydrogen) atoms. The van der Waals surface area contributed by atoms with Gasteiger partial charge in [0.2, 0.25) is 10.6 Å². The third-order valence-corrected chi connectivity index (χ3v) is 4.48. The van der Waals surface area contributed by atoms with Crippen LogP contribution in [0.25, 0.3) is 10.8 Å². The summed E-state index contributed by atoms with van der Waals surface area (Å²) in [7, 11) is 0. The van der Waals surface area contributed by atoms with E-state index in [2.05, 4.69) is 41.1 Å². The lowest BCUT2D eigenvalue weighted by Gasteiger charge is -1.99. The topological polar surface area (TPSA) is 58.9 Å². The lowest BCUT2D eigenvalue weighted by molar-refractivity contribution is 0.828. The van der Waals surface area contributed by atoms with Crippen molar-refractivity contribution in [1.82, 2.24) is 19.9 Å². The lowest BCUT2D eigenvalue weighted by atomic mass is 10.2. The van der Waals surface area contributed by atoms with Crippen LogP contribution in [0.5, 0.6) is 0 Å². The summed E-state index contributed by atoms with van der Waals surface area (Å²) in [6, 6.07) is 8.13. The summed E-state index contributed by atoms with van der Waals surface area (Å²) in [5.74, 6) is 1.02. The van der Waals surface area contributed by atoms with Crippen LogP contribution in [0.1, 0.15) is 36.6 Å². The molecule has 0 radical (unpaired) electrons. The van der Waals surface area contributed by atoms with Crippen LogP contribution < -0.4 is 0 Å². The highest BCUT2D eigenvalue weighted by Gasteiger charge is 2.14. The van der Waals surface area contributed by atoms with Crippen molar-refractivity contribution in [3.05, 3.63) is 51.2 Å². The molecule has 0 bridgehead atoms. The Morgan fingerprint density at radius 2 is 2.04 bits per heavy atom. The highest BCUT2D eigenvalue weighted by Crippen LogP contribution is 2.25. The van der Waals surface area contributed by atoms with Gasteiger partial charge in [-0.1, -0.05) is 43.7 Å². The van der Waals surface area contributed by atoms with Crippen LogP contribution >= 0.6 is 23.6 Å². The number of benzene rings is 1. The highest BCUT2D eigenvalue weighted by atomic mass is 32.1. The second-order valence-corrected chi connectivity index (χ2v) is 6.80. The van der Waals surface area contributed by atoms with E-state index in [4.69, 9.17) is 12.2 Å². The van der Waals surface area contributed by atoms with Crippen molar-refractivity contribution in [1.29, 1.82) is 0 Å². The lowest BCUT2D eigenvalue weighted by Crippen LogP contribution is -1.95. The molecule has 0 unspecified atom stereocenters. The summed E-state index contributed by atoms with van der Waals surface area (Å²) in [5, 5.41) is 14.4. The molecule has 0 saturated heterocycles. The first-order chi connectivity index (χ1) is 11.0. The van der Waals surface area contributed by atoms with Gasteiger partial charge >= 0.3 is 0 Å². The Hall–Kier alpha value is -2.12. The minimum atomic E-state index is 0.381. The third kappa shape index (κ3) is 3.46. The van der Waals surface area contributed by atoms with Gasteiger partial charge < -0.3 is 0 Å². The number of nitrogens with zero attached hydrogens (tertiary/aromatic N) is 4. The molecule has 0 aliphatic heterocycles. The molecular formula is C16H17N5S2. The molecule has 0 spiro atoms. The Balaban J connectivity index is 1.95. The average Bonchev–Trinajstić information content (AvgIpc) is 3.14. The number of thiazole rings is 1. The summed E-state index contributed by atoms with van der Waals surface area (Å²) < 4.78 is 2.06. The van der Waals surface area contributed by atoms with Crippen molar-refractivity contribution in [2.45, 2.75) is 26.7 Å². The smallest absolute Gasteiger partial charge is 0.216 e. The van der Waals surface area contributed by atoms with Crippen LogP contribution in [-0.2, 0) is 0 Å². The van der Waals surface area contributed by atoms with Crippen LogP contribution in [0.3, 0.4) is 0 Å². The van der Waals surface area contributed by atoms with E-state index in [1.165, 1.54) is 5.56 Å². The van der Waals surface area contributed by atoms with Gasteiger partial charge in [0.15, 0.2) is 5.01 Å².